The van der Waals surface area contributed by atoms with Crippen molar-refractivity contribution in [2.45, 2.75) is 24.0 Å². The molecule has 2 aromatic rings. The third-order valence-corrected chi connectivity index (χ3v) is 8.15. The second-order valence-corrected chi connectivity index (χ2v) is 9.79. The van der Waals surface area contributed by atoms with Crippen LogP contribution in [0, 0.1) is 12.8 Å². The maximum Gasteiger partial charge on any atom is 0.252 e. The van der Waals surface area contributed by atoms with Gasteiger partial charge < -0.3 is 0 Å². The van der Waals surface area contributed by atoms with Crippen LogP contribution in [0.4, 0.5) is 0 Å². The van der Waals surface area contributed by atoms with Gasteiger partial charge in [-0.1, -0.05) is 6.07 Å². The number of thiophene rings is 2. The molecular formula is C15H17NO3S3. The fraction of sp³-hybridized carbons (Fsp3) is 0.400. The first kappa shape index (κ1) is 15.9. The highest BCUT2D eigenvalue weighted by atomic mass is 32.2. The molecule has 3 rings (SSSR count). The Labute approximate surface area is 138 Å². The maximum absolute atomic E-state index is 12.6. The van der Waals surface area contributed by atoms with Gasteiger partial charge in [-0.25, -0.2) is 8.42 Å². The molecule has 1 fully saturated rings. The van der Waals surface area contributed by atoms with Crippen LogP contribution in [-0.2, 0) is 10.0 Å². The molecule has 0 N–H and O–H groups in total. The topological polar surface area (TPSA) is 54.5 Å². The number of rotatable bonds is 4. The van der Waals surface area contributed by atoms with E-state index in [1.807, 2.05) is 30.5 Å². The molecule has 0 aromatic carbocycles. The Bertz CT molecular complexity index is 754. The number of ketones is 1. The van der Waals surface area contributed by atoms with Gasteiger partial charge in [0.2, 0.25) is 0 Å². The van der Waals surface area contributed by atoms with Gasteiger partial charge in [0.25, 0.3) is 10.0 Å². The molecule has 0 unspecified atom stereocenters. The largest absolute Gasteiger partial charge is 0.293 e. The van der Waals surface area contributed by atoms with Crippen LogP contribution in [0.5, 0.6) is 0 Å². The molecule has 0 saturated carbocycles. The van der Waals surface area contributed by atoms with E-state index in [2.05, 4.69) is 0 Å². The number of hydrogen-bond acceptors (Lipinski definition) is 5. The van der Waals surface area contributed by atoms with Crippen LogP contribution in [-0.4, -0.2) is 31.6 Å². The van der Waals surface area contributed by atoms with Crippen LogP contribution in [0.25, 0.3) is 0 Å². The van der Waals surface area contributed by atoms with Crippen LogP contribution < -0.4 is 0 Å². The lowest BCUT2D eigenvalue weighted by Crippen LogP contribution is -2.39. The molecule has 1 aliphatic rings. The summed E-state index contributed by atoms with van der Waals surface area (Å²) >= 11 is 2.75. The minimum atomic E-state index is -3.40. The molecule has 0 aliphatic carbocycles. The molecule has 3 heterocycles. The second-order valence-electron chi connectivity index (χ2n) is 5.38. The Morgan fingerprint density at radius 1 is 1.23 bits per heavy atom. The fourth-order valence-electron chi connectivity index (χ4n) is 2.66. The Morgan fingerprint density at radius 2 is 1.95 bits per heavy atom. The van der Waals surface area contributed by atoms with Gasteiger partial charge in [-0.3, -0.25) is 4.79 Å². The van der Waals surface area contributed by atoms with Gasteiger partial charge in [0.1, 0.15) is 4.21 Å². The molecule has 118 valence electrons. The second kappa shape index (κ2) is 6.23. The first-order valence-electron chi connectivity index (χ1n) is 7.13. The van der Waals surface area contributed by atoms with E-state index in [1.165, 1.54) is 27.0 Å². The summed E-state index contributed by atoms with van der Waals surface area (Å²) in [4.78, 5) is 14.1. The van der Waals surface area contributed by atoms with E-state index in [-0.39, 0.29) is 11.7 Å². The molecule has 0 atom stereocenters. The van der Waals surface area contributed by atoms with Crippen molar-refractivity contribution in [2.75, 3.05) is 13.1 Å². The summed E-state index contributed by atoms with van der Waals surface area (Å²) < 4.78 is 27.0. The smallest absolute Gasteiger partial charge is 0.252 e. The maximum atomic E-state index is 12.6. The van der Waals surface area contributed by atoms with Gasteiger partial charge in [0.05, 0.1) is 4.88 Å². The summed E-state index contributed by atoms with van der Waals surface area (Å²) in [5.41, 5.74) is 0. The fourth-order valence-corrected chi connectivity index (χ4v) is 6.31. The first-order chi connectivity index (χ1) is 10.5. The van der Waals surface area contributed by atoms with E-state index >= 15 is 0 Å². The molecule has 4 nitrogen and oxygen atoms in total. The van der Waals surface area contributed by atoms with Crippen molar-refractivity contribution in [3.05, 3.63) is 39.4 Å². The predicted molar refractivity (Wildman–Crippen MR) is 89.2 cm³/mol. The third-order valence-electron chi connectivity index (χ3n) is 3.90. The van der Waals surface area contributed by atoms with Crippen molar-refractivity contribution >= 4 is 38.5 Å². The number of nitrogens with zero attached hydrogens (tertiary/aromatic N) is 1. The normalized spacial score (nSPS) is 17.7. The average molecular weight is 356 g/mol. The number of carbonyl (C=O) groups excluding carboxylic acids is 1. The lowest BCUT2D eigenvalue weighted by Gasteiger charge is -2.29. The molecular weight excluding hydrogens is 338 g/mol. The minimum Gasteiger partial charge on any atom is -0.293 e. The predicted octanol–water partition coefficient (Wildman–Crippen LogP) is 3.40. The van der Waals surface area contributed by atoms with E-state index in [1.54, 1.807) is 6.07 Å². The number of piperidine rings is 1. The van der Waals surface area contributed by atoms with Gasteiger partial charge in [-0.05, 0) is 43.3 Å². The summed E-state index contributed by atoms with van der Waals surface area (Å²) in [6, 6.07) is 7.20. The summed E-state index contributed by atoms with van der Waals surface area (Å²) in [6.45, 7) is 2.73. The number of Topliss-reactive ketones (excluding diaryl/α,β-unsaturated/α-hetero) is 1. The lowest BCUT2D eigenvalue weighted by molar-refractivity contribution is 0.0879. The molecule has 0 bridgehead atoms. The van der Waals surface area contributed by atoms with E-state index in [0.29, 0.717) is 30.1 Å². The van der Waals surface area contributed by atoms with Gasteiger partial charge >= 0.3 is 0 Å². The standard InChI is InChI=1S/C15H17NO3S3/c1-11-4-5-14(21-11)22(18,19)16-8-6-12(7-9-16)15(17)13-3-2-10-20-13/h2-5,10,12H,6-9H2,1H3. The van der Waals surface area contributed by atoms with Gasteiger partial charge in [-0.2, -0.15) is 4.31 Å². The van der Waals surface area contributed by atoms with Crippen molar-refractivity contribution < 1.29 is 13.2 Å². The zero-order valence-corrected chi connectivity index (χ0v) is 14.6. The van der Waals surface area contributed by atoms with E-state index in [4.69, 9.17) is 0 Å². The van der Waals surface area contributed by atoms with Crippen molar-refractivity contribution in [2.24, 2.45) is 5.92 Å². The van der Waals surface area contributed by atoms with Crippen LogP contribution in [0.2, 0.25) is 0 Å². The molecule has 7 heteroatoms. The summed E-state index contributed by atoms with van der Waals surface area (Å²) in [5.74, 6) is 0.0918. The molecule has 1 aliphatic heterocycles. The van der Waals surface area contributed by atoms with Crippen LogP contribution in [0.1, 0.15) is 27.4 Å². The Hall–Kier alpha value is -1.02. The van der Waals surface area contributed by atoms with Crippen LogP contribution in [0.3, 0.4) is 0 Å². The summed E-state index contributed by atoms with van der Waals surface area (Å²) in [6.07, 6.45) is 1.20. The van der Waals surface area contributed by atoms with Crippen molar-refractivity contribution in [3.8, 4) is 0 Å². The van der Waals surface area contributed by atoms with E-state index in [9.17, 15) is 13.2 Å². The van der Waals surface area contributed by atoms with Crippen molar-refractivity contribution in [1.29, 1.82) is 0 Å². The minimum absolute atomic E-state index is 0.0600. The van der Waals surface area contributed by atoms with Gasteiger partial charge in [0, 0.05) is 23.9 Å². The molecule has 0 spiro atoms. The Balaban J connectivity index is 1.68. The highest BCUT2D eigenvalue weighted by Crippen LogP contribution is 2.29. The number of aryl methyl sites for hydroxylation is 1. The highest BCUT2D eigenvalue weighted by Gasteiger charge is 2.33. The average Bonchev–Trinajstić information content (AvgIpc) is 3.18. The zero-order valence-electron chi connectivity index (χ0n) is 12.2. The molecule has 0 radical (unpaired) electrons. The molecule has 0 amide bonds. The van der Waals surface area contributed by atoms with Crippen LogP contribution in [0.15, 0.2) is 33.9 Å². The number of sulfonamides is 1. The lowest BCUT2D eigenvalue weighted by atomic mass is 9.93. The van der Waals surface area contributed by atoms with Gasteiger partial charge in [-0.15, -0.1) is 22.7 Å². The highest BCUT2D eigenvalue weighted by molar-refractivity contribution is 7.91. The SMILES string of the molecule is Cc1ccc(S(=O)(=O)N2CCC(C(=O)c3cccs3)CC2)s1. The molecule has 2 aromatic heterocycles. The monoisotopic (exact) mass is 355 g/mol. The quantitative estimate of drug-likeness (QED) is 0.790. The summed E-state index contributed by atoms with van der Waals surface area (Å²) in [7, 11) is -3.40. The first-order valence-corrected chi connectivity index (χ1v) is 10.3. The van der Waals surface area contributed by atoms with Crippen molar-refractivity contribution in [3.63, 3.8) is 0 Å². The Kier molecular flexibility index (Phi) is 4.49. The van der Waals surface area contributed by atoms with E-state index < -0.39 is 10.0 Å². The van der Waals surface area contributed by atoms with E-state index in [0.717, 1.165) is 9.75 Å². The Morgan fingerprint density at radius 3 is 2.50 bits per heavy atom. The number of carbonyl (C=O) groups is 1. The van der Waals surface area contributed by atoms with Gasteiger partial charge in [0.15, 0.2) is 5.78 Å². The molecule has 1 saturated heterocycles. The van der Waals surface area contributed by atoms with Crippen molar-refractivity contribution in [1.82, 2.24) is 4.31 Å². The van der Waals surface area contributed by atoms with Crippen LogP contribution >= 0.6 is 22.7 Å². The molecule has 22 heavy (non-hydrogen) atoms. The number of hydrogen-bond donors (Lipinski definition) is 0. The summed E-state index contributed by atoms with van der Waals surface area (Å²) in [5, 5.41) is 1.89. The zero-order chi connectivity index (χ0) is 15.7. The third kappa shape index (κ3) is 3.03.